The number of aryl methyl sites for hydroxylation is 3. The van der Waals surface area contributed by atoms with Gasteiger partial charge in [0.05, 0.1) is 6.10 Å². The maximum atomic E-state index is 10.6. The molecule has 2 rings (SSSR count). The Morgan fingerprint density at radius 1 is 1.16 bits per heavy atom. The Labute approximate surface area is 116 Å². The van der Waals surface area contributed by atoms with E-state index in [2.05, 4.69) is 43.1 Å². The van der Waals surface area contributed by atoms with Crippen molar-refractivity contribution in [1.82, 2.24) is 10.2 Å². The molecule has 0 bridgehead atoms. The molecule has 0 amide bonds. The summed E-state index contributed by atoms with van der Waals surface area (Å²) in [6.45, 7) is 11.3. The van der Waals surface area contributed by atoms with E-state index in [-0.39, 0.29) is 6.10 Å². The summed E-state index contributed by atoms with van der Waals surface area (Å²) in [4.78, 5) is 2.36. The summed E-state index contributed by atoms with van der Waals surface area (Å²) in [6, 6.07) is 4.32. The van der Waals surface area contributed by atoms with Gasteiger partial charge in [0.25, 0.3) is 0 Å². The summed E-state index contributed by atoms with van der Waals surface area (Å²) in [5.74, 6) is 0. The third-order valence-corrected chi connectivity index (χ3v) is 3.94. The maximum Gasteiger partial charge on any atom is 0.0922 e. The minimum atomic E-state index is -0.376. The SMILES string of the molecule is Cc1cc(C)c(C(O)CN2CCCNCC2)c(C)c1. The molecule has 3 nitrogen and oxygen atoms in total. The van der Waals surface area contributed by atoms with Gasteiger partial charge in [-0.05, 0) is 57.0 Å². The fraction of sp³-hybridized carbons (Fsp3) is 0.625. The van der Waals surface area contributed by atoms with Crippen LogP contribution >= 0.6 is 0 Å². The van der Waals surface area contributed by atoms with Crippen molar-refractivity contribution in [2.24, 2.45) is 0 Å². The number of β-amino-alcohol motifs (C(OH)–C–C–N with tert-alkyl or cyclic N) is 1. The van der Waals surface area contributed by atoms with Crippen LogP contribution in [0.3, 0.4) is 0 Å². The van der Waals surface area contributed by atoms with Crippen LogP contribution in [-0.4, -0.2) is 42.7 Å². The Hall–Kier alpha value is -0.900. The van der Waals surface area contributed by atoms with Gasteiger partial charge in [-0.25, -0.2) is 0 Å². The molecule has 3 heteroatoms. The highest BCUT2D eigenvalue weighted by molar-refractivity contribution is 5.39. The first-order chi connectivity index (χ1) is 9.08. The molecule has 1 aromatic carbocycles. The minimum absolute atomic E-state index is 0.376. The molecule has 19 heavy (non-hydrogen) atoms. The number of hydrogen-bond donors (Lipinski definition) is 2. The quantitative estimate of drug-likeness (QED) is 0.874. The van der Waals surface area contributed by atoms with E-state index in [9.17, 15) is 5.11 Å². The molecule has 2 N–H and O–H groups in total. The maximum absolute atomic E-state index is 10.6. The number of aliphatic hydroxyl groups is 1. The van der Waals surface area contributed by atoms with E-state index in [0.717, 1.165) is 38.3 Å². The number of aliphatic hydroxyl groups excluding tert-OH is 1. The van der Waals surface area contributed by atoms with Gasteiger partial charge in [0.15, 0.2) is 0 Å². The second-order valence-electron chi connectivity index (χ2n) is 5.73. The van der Waals surface area contributed by atoms with Crippen molar-refractivity contribution in [2.75, 3.05) is 32.7 Å². The topological polar surface area (TPSA) is 35.5 Å². The summed E-state index contributed by atoms with van der Waals surface area (Å²) >= 11 is 0. The van der Waals surface area contributed by atoms with Crippen LogP contribution in [0.15, 0.2) is 12.1 Å². The molecule has 106 valence electrons. The van der Waals surface area contributed by atoms with Crippen molar-refractivity contribution in [3.05, 3.63) is 34.4 Å². The molecule has 1 aromatic rings. The Balaban J connectivity index is 2.08. The molecule has 0 aliphatic carbocycles. The molecule has 1 unspecified atom stereocenters. The molecular formula is C16H26N2O. The monoisotopic (exact) mass is 262 g/mol. The van der Waals surface area contributed by atoms with E-state index in [4.69, 9.17) is 0 Å². The smallest absolute Gasteiger partial charge is 0.0922 e. The first-order valence-corrected chi connectivity index (χ1v) is 7.27. The van der Waals surface area contributed by atoms with Crippen molar-refractivity contribution < 1.29 is 5.11 Å². The lowest BCUT2D eigenvalue weighted by Crippen LogP contribution is -2.32. The summed E-state index contributed by atoms with van der Waals surface area (Å²) < 4.78 is 0. The molecule has 1 saturated heterocycles. The lowest BCUT2D eigenvalue weighted by Gasteiger charge is -2.25. The normalized spacial score (nSPS) is 19.2. The van der Waals surface area contributed by atoms with E-state index in [0.29, 0.717) is 0 Å². The highest BCUT2D eigenvalue weighted by Crippen LogP contribution is 2.24. The van der Waals surface area contributed by atoms with E-state index in [1.54, 1.807) is 0 Å². The Morgan fingerprint density at radius 2 is 1.84 bits per heavy atom. The highest BCUT2D eigenvalue weighted by Gasteiger charge is 2.18. The van der Waals surface area contributed by atoms with Crippen molar-refractivity contribution >= 4 is 0 Å². The van der Waals surface area contributed by atoms with Crippen LogP contribution in [0.2, 0.25) is 0 Å². The molecule has 0 saturated carbocycles. The van der Waals surface area contributed by atoms with Crippen molar-refractivity contribution in [2.45, 2.75) is 33.3 Å². The first kappa shape index (κ1) is 14.5. The summed E-state index contributed by atoms with van der Waals surface area (Å²) in [6.07, 6.45) is 0.789. The van der Waals surface area contributed by atoms with Gasteiger partial charge in [0.2, 0.25) is 0 Å². The fourth-order valence-corrected chi connectivity index (χ4v) is 3.14. The average Bonchev–Trinajstić information content (AvgIpc) is 2.56. The number of benzene rings is 1. The minimum Gasteiger partial charge on any atom is -0.387 e. The number of rotatable bonds is 3. The molecule has 0 radical (unpaired) electrons. The summed E-state index contributed by atoms with van der Waals surface area (Å²) in [5, 5.41) is 14.0. The third kappa shape index (κ3) is 3.78. The molecule has 0 aromatic heterocycles. The standard InChI is InChI=1S/C16H26N2O/c1-12-9-13(2)16(14(3)10-12)15(19)11-18-7-4-5-17-6-8-18/h9-10,15,17,19H,4-8,11H2,1-3H3. The first-order valence-electron chi connectivity index (χ1n) is 7.27. The zero-order valence-electron chi connectivity index (χ0n) is 12.4. The van der Waals surface area contributed by atoms with Crippen molar-refractivity contribution in [3.8, 4) is 0 Å². The van der Waals surface area contributed by atoms with Crippen molar-refractivity contribution in [1.29, 1.82) is 0 Å². The van der Waals surface area contributed by atoms with Crippen LogP contribution in [0.4, 0.5) is 0 Å². The summed E-state index contributed by atoms with van der Waals surface area (Å²) in [7, 11) is 0. The Bertz CT molecular complexity index is 400. The van der Waals surface area contributed by atoms with Gasteiger partial charge in [-0.3, -0.25) is 4.90 Å². The number of nitrogens with one attached hydrogen (secondary N) is 1. The lowest BCUT2D eigenvalue weighted by molar-refractivity contribution is 0.116. The van der Waals surface area contributed by atoms with Gasteiger partial charge >= 0.3 is 0 Å². The zero-order valence-corrected chi connectivity index (χ0v) is 12.4. The fourth-order valence-electron chi connectivity index (χ4n) is 3.14. The Kier molecular flexibility index (Phi) is 4.97. The predicted molar refractivity (Wildman–Crippen MR) is 79.5 cm³/mol. The van der Waals surface area contributed by atoms with Crippen LogP contribution in [0.1, 0.15) is 34.8 Å². The number of hydrogen-bond acceptors (Lipinski definition) is 3. The molecular weight excluding hydrogens is 236 g/mol. The molecule has 1 heterocycles. The van der Waals surface area contributed by atoms with Gasteiger partial charge in [-0.15, -0.1) is 0 Å². The second-order valence-corrected chi connectivity index (χ2v) is 5.73. The zero-order chi connectivity index (χ0) is 13.8. The van der Waals surface area contributed by atoms with Crippen LogP contribution < -0.4 is 5.32 Å². The summed E-state index contributed by atoms with van der Waals surface area (Å²) in [5.41, 5.74) is 4.80. The van der Waals surface area contributed by atoms with E-state index in [1.807, 2.05) is 0 Å². The van der Waals surface area contributed by atoms with Gasteiger partial charge in [0.1, 0.15) is 0 Å². The molecule has 1 aliphatic rings. The molecule has 1 aliphatic heterocycles. The highest BCUT2D eigenvalue weighted by atomic mass is 16.3. The van der Waals surface area contributed by atoms with Crippen LogP contribution in [0, 0.1) is 20.8 Å². The van der Waals surface area contributed by atoms with Gasteiger partial charge in [-0.2, -0.15) is 0 Å². The largest absolute Gasteiger partial charge is 0.387 e. The van der Waals surface area contributed by atoms with E-state index < -0.39 is 0 Å². The Morgan fingerprint density at radius 3 is 2.53 bits per heavy atom. The van der Waals surface area contributed by atoms with Crippen LogP contribution in [0.5, 0.6) is 0 Å². The third-order valence-electron chi connectivity index (χ3n) is 3.94. The second kappa shape index (κ2) is 6.51. The van der Waals surface area contributed by atoms with Crippen LogP contribution in [-0.2, 0) is 0 Å². The van der Waals surface area contributed by atoms with Gasteiger partial charge in [-0.1, -0.05) is 17.7 Å². The van der Waals surface area contributed by atoms with Gasteiger partial charge in [0, 0.05) is 19.6 Å². The number of nitrogens with zero attached hydrogens (tertiary/aromatic N) is 1. The molecule has 1 atom stereocenters. The predicted octanol–water partition coefficient (Wildman–Crippen LogP) is 1.94. The van der Waals surface area contributed by atoms with Crippen molar-refractivity contribution in [3.63, 3.8) is 0 Å². The van der Waals surface area contributed by atoms with E-state index in [1.165, 1.54) is 23.1 Å². The van der Waals surface area contributed by atoms with Gasteiger partial charge < -0.3 is 10.4 Å². The molecule has 0 spiro atoms. The average molecular weight is 262 g/mol. The molecule has 1 fully saturated rings. The lowest BCUT2D eigenvalue weighted by atomic mass is 9.95. The van der Waals surface area contributed by atoms with Crippen LogP contribution in [0.25, 0.3) is 0 Å². The van der Waals surface area contributed by atoms with E-state index >= 15 is 0 Å².